The Morgan fingerprint density at radius 3 is 3.06 bits per heavy atom. The molecule has 0 N–H and O–H groups in total. The fourth-order valence-electron chi connectivity index (χ4n) is 2.13. The van der Waals surface area contributed by atoms with Crippen LogP contribution < -0.4 is 0 Å². The predicted molar refractivity (Wildman–Crippen MR) is 67.3 cm³/mol. The lowest BCUT2D eigenvalue weighted by atomic mass is 9.90. The maximum absolute atomic E-state index is 13.9. The van der Waals surface area contributed by atoms with Crippen molar-refractivity contribution in [1.82, 2.24) is 0 Å². The third kappa shape index (κ3) is 2.78. The molecule has 0 saturated carbocycles. The fourth-order valence-corrected chi connectivity index (χ4v) is 2.31. The van der Waals surface area contributed by atoms with Gasteiger partial charge in [-0.3, -0.25) is 4.99 Å². The van der Waals surface area contributed by atoms with Gasteiger partial charge in [0.25, 0.3) is 0 Å². The zero-order valence-corrected chi connectivity index (χ0v) is 10.5. The zero-order chi connectivity index (χ0) is 12.3. The lowest BCUT2D eigenvalue weighted by molar-refractivity contribution is 0.313. The van der Waals surface area contributed by atoms with Gasteiger partial charge in [-0.05, 0) is 30.4 Å². The van der Waals surface area contributed by atoms with E-state index in [4.69, 9.17) is 16.3 Å². The summed E-state index contributed by atoms with van der Waals surface area (Å²) in [6, 6.07) is 5.30. The van der Waals surface area contributed by atoms with Crippen molar-refractivity contribution in [2.24, 2.45) is 4.99 Å². The van der Waals surface area contributed by atoms with E-state index in [1.807, 2.05) is 6.92 Å². The molecule has 0 aliphatic carbocycles. The Hall–Kier alpha value is -1.09. The summed E-state index contributed by atoms with van der Waals surface area (Å²) in [6.45, 7) is 2.64. The lowest BCUT2D eigenvalue weighted by Crippen LogP contribution is -2.13. The second-order valence-electron chi connectivity index (χ2n) is 4.23. The summed E-state index contributed by atoms with van der Waals surface area (Å²) in [5, 5.41) is 0.187. The minimum Gasteiger partial charge on any atom is -0.481 e. The van der Waals surface area contributed by atoms with Gasteiger partial charge in [0.15, 0.2) is 6.40 Å². The number of rotatable bonds is 4. The van der Waals surface area contributed by atoms with Gasteiger partial charge in [0.2, 0.25) is 0 Å². The van der Waals surface area contributed by atoms with Gasteiger partial charge in [-0.25, -0.2) is 4.39 Å². The Balaban J connectivity index is 2.16. The third-order valence-electron chi connectivity index (χ3n) is 3.11. The molecule has 1 aromatic carbocycles. The zero-order valence-electron chi connectivity index (χ0n) is 9.70. The van der Waals surface area contributed by atoms with Crippen molar-refractivity contribution in [3.05, 3.63) is 34.6 Å². The van der Waals surface area contributed by atoms with E-state index in [2.05, 4.69) is 4.99 Å². The van der Waals surface area contributed by atoms with E-state index in [-0.39, 0.29) is 22.8 Å². The summed E-state index contributed by atoms with van der Waals surface area (Å²) in [5.74, 6) is -0.165. The van der Waals surface area contributed by atoms with Gasteiger partial charge in [-0.2, -0.15) is 0 Å². The first-order chi connectivity index (χ1) is 8.22. The van der Waals surface area contributed by atoms with Crippen LogP contribution in [-0.4, -0.2) is 19.0 Å². The van der Waals surface area contributed by atoms with Gasteiger partial charge in [0.05, 0.1) is 11.1 Å². The normalized spacial score (nSPS) is 20.3. The molecule has 2 rings (SSSR count). The molecule has 0 aromatic heterocycles. The Kier molecular flexibility index (Phi) is 4.00. The van der Waals surface area contributed by atoms with Crippen LogP contribution in [0, 0.1) is 5.82 Å². The number of nitrogens with zero attached hydrogens (tertiary/aromatic N) is 1. The highest BCUT2D eigenvalue weighted by Crippen LogP contribution is 2.31. The average Bonchev–Trinajstić information content (AvgIpc) is 2.83. The van der Waals surface area contributed by atoms with Gasteiger partial charge in [-0.1, -0.05) is 30.7 Å². The number of hydrogen-bond donors (Lipinski definition) is 0. The quantitative estimate of drug-likeness (QED) is 0.802. The molecule has 1 heterocycles. The predicted octanol–water partition coefficient (Wildman–Crippen LogP) is 3.79. The van der Waals surface area contributed by atoms with Gasteiger partial charge in [0, 0.05) is 0 Å². The summed E-state index contributed by atoms with van der Waals surface area (Å²) < 4.78 is 19.0. The minimum atomic E-state index is -0.302. The van der Waals surface area contributed by atoms with Crippen LogP contribution in [0.3, 0.4) is 0 Å². The molecule has 0 fully saturated rings. The van der Waals surface area contributed by atoms with E-state index in [0.29, 0.717) is 12.2 Å². The average molecular weight is 256 g/mol. The highest BCUT2D eigenvalue weighted by molar-refractivity contribution is 6.30. The maximum Gasteiger partial charge on any atom is 0.169 e. The van der Waals surface area contributed by atoms with Crippen LogP contribution >= 0.6 is 11.6 Å². The first-order valence-electron chi connectivity index (χ1n) is 5.79. The molecule has 0 saturated heterocycles. The first-order valence-corrected chi connectivity index (χ1v) is 6.17. The van der Waals surface area contributed by atoms with Crippen LogP contribution in [0.5, 0.6) is 0 Å². The second-order valence-corrected chi connectivity index (χ2v) is 4.63. The van der Waals surface area contributed by atoms with E-state index in [0.717, 1.165) is 12.8 Å². The standard InChI is InChI=1S/C13H15ClFNO/c1-2-9(6-10-7-17-8-16-10)11-4-3-5-12(14)13(11)15/h3-5,8-10H,2,6-7H2,1H3. The molecule has 1 aliphatic rings. The number of benzene rings is 1. The van der Waals surface area contributed by atoms with Crippen LogP contribution in [0.1, 0.15) is 31.2 Å². The third-order valence-corrected chi connectivity index (χ3v) is 3.40. The monoisotopic (exact) mass is 255 g/mol. The summed E-state index contributed by atoms with van der Waals surface area (Å²) >= 11 is 5.80. The lowest BCUT2D eigenvalue weighted by Gasteiger charge is -2.18. The Morgan fingerprint density at radius 2 is 2.41 bits per heavy atom. The number of ether oxygens (including phenoxy) is 1. The van der Waals surface area contributed by atoms with Crippen LogP contribution in [-0.2, 0) is 4.74 Å². The van der Waals surface area contributed by atoms with Crippen LogP contribution in [0.15, 0.2) is 23.2 Å². The molecule has 2 atom stereocenters. The number of hydrogen-bond acceptors (Lipinski definition) is 2. The molecule has 0 amide bonds. The van der Waals surface area contributed by atoms with Crippen molar-refractivity contribution in [3.63, 3.8) is 0 Å². The summed E-state index contributed by atoms with van der Waals surface area (Å²) in [5.41, 5.74) is 0.683. The van der Waals surface area contributed by atoms with Gasteiger partial charge >= 0.3 is 0 Å². The summed E-state index contributed by atoms with van der Waals surface area (Å²) in [6.07, 6.45) is 3.14. The number of aliphatic imine (C=N–C) groups is 1. The van der Waals surface area contributed by atoms with Crippen molar-refractivity contribution in [2.45, 2.75) is 31.7 Å². The Bertz CT molecular complexity index is 422. The topological polar surface area (TPSA) is 21.6 Å². The molecular formula is C13H15ClFNO. The molecule has 2 nitrogen and oxygen atoms in total. The van der Waals surface area contributed by atoms with Crippen molar-refractivity contribution in [1.29, 1.82) is 0 Å². The van der Waals surface area contributed by atoms with E-state index >= 15 is 0 Å². The number of halogens is 2. The summed E-state index contributed by atoms with van der Waals surface area (Å²) in [4.78, 5) is 4.20. The molecular weight excluding hydrogens is 241 g/mol. The molecule has 1 aromatic rings. The smallest absolute Gasteiger partial charge is 0.169 e. The van der Waals surface area contributed by atoms with Gasteiger partial charge < -0.3 is 4.74 Å². The Morgan fingerprint density at radius 1 is 1.59 bits per heavy atom. The van der Waals surface area contributed by atoms with Gasteiger partial charge in [-0.15, -0.1) is 0 Å². The molecule has 17 heavy (non-hydrogen) atoms. The summed E-state index contributed by atoms with van der Waals surface area (Å²) in [7, 11) is 0. The molecule has 0 bridgehead atoms. The molecule has 1 aliphatic heterocycles. The van der Waals surface area contributed by atoms with Crippen molar-refractivity contribution in [3.8, 4) is 0 Å². The maximum atomic E-state index is 13.9. The van der Waals surface area contributed by atoms with E-state index in [1.54, 1.807) is 18.2 Å². The van der Waals surface area contributed by atoms with Crippen molar-refractivity contribution in [2.75, 3.05) is 6.61 Å². The van der Waals surface area contributed by atoms with Crippen LogP contribution in [0.25, 0.3) is 0 Å². The molecule has 0 spiro atoms. The molecule has 0 radical (unpaired) electrons. The minimum absolute atomic E-state index is 0.137. The van der Waals surface area contributed by atoms with E-state index in [9.17, 15) is 4.39 Å². The van der Waals surface area contributed by atoms with Crippen LogP contribution in [0.2, 0.25) is 5.02 Å². The SMILES string of the molecule is CCC(CC1COC=N1)c1cccc(Cl)c1F. The van der Waals surface area contributed by atoms with Crippen LogP contribution in [0.4, 0.5) is 4.39 Å². The van der Waals surface area contributed by atoms with E-state index < -0.39 is 0 Å². The largest absolute Gasteiger partial charge is 0.481 e. The van der Waals surface area contributed by atoms with Crippen molar-refractivity contribution >= 4 is 18.0 Å². The van der Waals surface area contributed by atoms with Crippen molar-refractivity contribution < 1.29 is 9.13 Å². The fraction of sp³-hybridized carbons (Fsp3) is 0.462. The van der Waals surface area contributed by atoms with Gasteiger partial charge in [0.1, 0.15) is 12.4 Å². The Labute approximate surface area is 105 Å². The molecule has 92 valence electrons. The van der Waals surface area contributed by atoms with E-state index in [1.165, 1.54) is 6.40 Å². The highest BCUT2D eigenvalue weighted by atomic mass is 35.5. The molecule has 4 heteroatoms. The molecule has 2 unspecified atom stereocenters. The second kappa shape index (κ2) is 5.50. The highest BCUT2D eigenvalue weighted by Gasteiger charge is 2.22. The first kappa shape index (κ1) is 12.4.